The third-order valence-corrected chi connectivity index (χ3v) is 3.63. The van der Waals surface area contributed by atoms with Crippen molar-refractivity contribution in [3.63, 3.8) is 0 Å². The molecule has 1 aromatic carbocycles. The first-order chi connectivity index (χ1) is 9.47. The van der Waals surface area contributed by atoms with E-state index in [1.807, 2.05) is 13.8 Å². The Morgan fingerprint density at radius 3 is 2.60 bits per heavy atom. The Labute approximate surface area is 118 Å². The molecule has 1 aliphatic heterocycles. The van der Waals surface area contributed by atoms with Crippen LogP contribution in [0.25, 0.3) is 0 Å². The number of hydrogen-bond donors (Lipinski definition) is 1. The van der Waals surface area contributed by atoms with Gasteiger partial charge in [-0.3, -0.25) is 4.90 Å². The fourth-order valence-corrected chi connectivity index (χ4v) is 2.75. The molecule has 112 valence electrons. The first kappa shape index (κ1) is 15.4. The number of nitrogens with zero attached hydrogens (tertiary/aromatic N) is 1. The molecule has 1 unspecified atom stereocenters. The highest BCUT2D eigenvalue weighted by Gasteiger charge is 2.23. The van der Waals surface area contributed by atoms with Crippen molar-refractivity contribution in [1.29, 1.82) is 0 Å². The molecule has 1 heterocycles. The normalized spacial score (nSPS) is 25.6. The van der Waals surface area contributed by atoms with Crippen LogP contribution in [0.15, 0.2) is 18.2 Å². The third kappa shape index (κ3) is 3.75. The van der Waals surface area contributed by atoms with Crippen molar-refractivity contribution in [2.75, 3.05) is 19.6 Å². The van der Waals surface area contributed by atoms with Gasteiger partial charge in [-0.25, -0.2) is 8.78 Å². The molecule has 2 N–H and O–H groups in total. The van der Waals surface area contributed by atoms with Crippen LogP contribution in [0.3, 0.4) is 0 Å². The van der Waals surface area contributed by atoms with Gasteiger partial charge in [0.05, 0.1) is 12.2 Å². The zero-order valence-electron chi connectivity index (χ0n) is 12.0. The van der Waals surface area contributed by atoms with Gasteiger partial charge >= 0.3 is 0 Å². The van der Waals surface area contributed by atoms with Crippen LogP contribution in [-0.4, -0.2) is 36.7 Å². The minimum absolute atomic E-state index is 0.195. The van der Waals surface area contributed by atoms with Crippen molar-refractivity contribution in [2.24, 2.45) is 5.73 Å². The van der Waals surface area contributed by atoms with Crippen molar-refractivity contribution < 1.29 is 13.5 Å². The van der Waals surface area contributed by atoms with E-state index in [1.165, 1.54) is 6.07 Å². The molecular formula is C15H22F2N2O. The lowest BCUT2D eigenvalue weighted by Crippen LogP contribution is -2.46. The van der Waals surface area contributed by atoms with Crippen LogP contribution in [-0.2, 0) is 4.74 Å². The van der Waals surface area contributed by atoms with E-state index >= 15 is 0 Å². The number of nitrogens with two attached hydrogens (primary N) is 1. The van der Waals surface area contributed by atoms with E-state index in [0.29, 0.717) is 6.42 Å². The maximum Gasteiger partial charge on any atom is 0.163 e. The van der Waals surface area contributed by atoms with Gasteiger partial charge in [0.15, 0.2) is 11.6 Å². The standard InChI is InChI=1S/C15H22F2N2O/c1-10-8-19(9-11(2)20-10)7-6-14(18)12-4-3-5-13(16)15(12)17/h3-5,10-11,14H,6-9,18H2,1-2H3/t10-,11+,14?. The number of rotatable bonds is 4. The predicted octanol–water partition coefficient (Wildman–Crippen LogP) is 2.46. The molecule has 3 nitrogen and oxygen atoms in total. The summed E-state index contributed by atoms with van der Waals surface area (Å²) in [6.45, 7) is 6.53. The van der Waals surface area contributed by atoms with E-state index in [9.17, 15) is 8.78 Å². The van der Waals surface area contributed by atoms with Gasteiger partial charge in [0, 0.05) is 31.2 Å². The molecule has 2 rings (SSSR count). The average molecular weight is 284 g/mol. The van der Waals surface area contributed by atoms with E-state index in [0.717, 1.165) is 25.7 Å². The van der Waals surface area contributed by atoms with E-state index in [1.54, 1.807) is 6.07 Å². The minimum Gasteiger partial charge on any atom is -0.373 e. The molecule has 1 fully saturated rings. The van der Waals surface area contributed by atoms with Crippen LogP contribution in [0.2, 0.25) is 0 Å². The molecule has 0 saturated carbocycles. The molecule has 20 heavy (non-hydrogen) atoms. The Balaban J connectivity index is 1.91. The van der Waals surface area contributed by atoms with Crippen LogP contribution in [0.5, 0.6) is 0 Å². The van der Waals surface area contributed by atoms with Crippen molar-refractivity contribution >= 4 is 0 Å². The van der Waals surface area contributed by atoms with Gasteiger partial charge in [0.25, 0.3) is 0 Å². The fourth-order valence-electron chi connectivity index (χ4n) is 2.75. The largest absolute Gasteiger partial charge is 0.373 e. The second kappa shape index (κ2) is 6.61. The van der Waals surface area contributed by atoms with E-state index in [-0.39, 0.29) is 17.8 Å². The summed E-state index contributed by atoms with van der Waals surface area (Å²) in [4.78, 5) is 2.26. The highest BCUT2D eigenvalue weighted by Crippen LogP contribution is 2.21. The summed E-state index contributed by atoms with van der Waals surface area (Å²) in [5.74, 6) is -1.67. The molecule has 0 aromatic heterocycles. The van der Waals surface area contributed by atoms with Crippen molar-refractivity contribution in [3.05, 3.63) is 35.4 Å². The summed E-state index contributed by atoms with van der Waals surface area (Å²) >= 11 is 0. The number of hydrogen-bond acceptors (Lipinski definition) is 3. The van der Waals surface area contributed by atoms with E-state index < -0.39 is 17.7 Å². The molecule has 0 amide bonds. The second-order valence-electron chi connectivity index (χ2n) is 5.56. The minimum atomic E-state index is -0.841. The van der Waals surface area contributed by atoms with Gasteiger partial charge in [0.2, 0.25) is 0 Å². The zero-order chi connectivity index (χ0) is 14.7. The maximum atomic E-state index is 13.7. The summed E-state index contributed by atoms with van der Waals surface area (Å²) < 4.78 is 32.5. The number of ether oxygens (including phenoxy) is 1. The van der Waals surface area contributed by atoms with Gasteiger partial charge < -0.3 is 10.5 Å². The molecule has 0 bridgehead atoms. The Kier molecular flexibility index (Phi) is 5.07. The molecule has 1 aromatic rings. The highest BCUT2D eigenvalue weighted by atomic mass is 19.2. The maximum absolute atomic E-state index is 13.7. The van der Waals surface area contributed by atoms with Crippen molar-refractivity contribution in [3.8, 4) is 0 Å². The van der Waals surface area contributed by atoms with Gasteiger partial charge in [0.1, 0.15) is 0 Å². The lowest BCUT2D eigenvalue weighted by molar-refractivity contribution is -0.0684. The third-order valence-electron chi connectivity index (χ3n) is 3.63. The number of halogens is 2. The van der Waals surface area contributed by atoms with Crippen LogP contribution >= 0.6 is 0 Å². The van der Waals surface area contributed by atoms with Crippen LogP contribution in [0.4, 0.5) is 8.78 Å². The lowest BCUT2D eigenvalue weighted by Gasteiger charge is -2.35. The summed E-state index contributed by atoms with van der Waals surface area (Å²) in [7, 11) is 0. The van der Waals surface area contributed by atoms with Gasteiger partial charge in [-0.1, -0.05) is 12.1 Å². The molecule has 1 saturated heterocycles. The summed E-state index contributed by atoms with van der Waals surface area (Å²) in [5, 5.41) is 0. The van der Waals surface area contributed by atoms with E-state index in [2.05, 4.69) is 4.90 Å². The predicted molar refractivity (Wildman–Crippen MR) is 74.4 cm³/mol. The van der Waals surface area contributed by atoms with Gasteiger partial charge in [-0.2, -0.15) is 0 Å². The molecule has 0 spiro atoms. The summed E-state index contributed by atoms with van der Waals surface area (Å²) in [5.41, 5.74) is 6.24. The average Bonchev–Trinajstić information content (AvgIpc) is 2.38. The number of morpholine rings is 1. The summed E-state index contributed by atoms with van der Waals surface area (Å²) in [6, 6.07) is 3.66. The topological polar surface area (TPSA) is 38.5 Å². The SMILES string of the molecule is C[C@@H]1CN(CCC(N)c2cccc(F)c2F)C[C@H](C)O1. The molecule has 1 aliphatic rings. The summed E-state index contributed by atoms with van der Waals surface area (Å²) in [6.07, 6.45) is 0.988. The van der Waals surface area contributed by atoms with Crippen molar-refractivity contribution in [1.82, 2.24) is 4.90 Å². The fraction of sp³-hybridized carbons (Fsp3) is 0.600. The molecule has 0 radical (unpaired) electrons. The zero-order valence-corrected chi connectivity index (χ0v) is 12.0. The molecule has 0 aliphatic carbocycles. The first-order valence-corrected chi connectivity index (χ1v) is 7.04. The monoisotopic (exact) mass is 284 g/mol. The van der Waals surface area contributed by atoms with Crippen LogP contribution in [0.1, 0.15) is 31.9 Å². The van der Waals surface area contributed by atoms with Gasteiger partial charge in [-0.15, -0.1) is 0 Å². The Morgan fingerprint density at radius 2 is 1.95 bits per heavy atom. The van der Waals surface area contributed by atoms with Crippen LogP contribution in [0, 0.1) is 11.6 Å². The second-order valence-corrected chi connectivity index (χ2v) is 5.56. The van der Waals surface area contributed by atoms with Crippen molar-refractivity contribution in [2.45, 2.75) is 38.5 Å². The Bertz CT molecular complexity index is 445. The molecule has 5 heteroatoms. The van der Waals surface area contributed by atoms with E-state index in [4.69, 9.17) is 10.5 Å². The quantitative estimate of drug-likeness (QED) is 0.923. The Hall–Kier alpha value is -1.04. The van der Waals surface area contributed by atoms with Gasteiger partial charge in [-0.05, 0) is 26.3 Å². The Morgan fingerprint density at radius 1 is 1.30 bits per heavy atom. The smallest absolute Gasteiger partial charge is 0.163 e. The first-order valence-electron chi connectivity index (χ1n) is 7.04. The highest BCUT2D eigenvalue weighted by molar-refractivity contribution is 5.22. The molecular weight excluding hydrogens is 262 g/mol. The number of benzene rings is 1. The van der Waals surface area contributed by atoms with Crippen LogP contribution < -0.4 is 5.73 Å². The lowest BCUT2D eigenvalue weighted by atomic mass is 10.0. The molecule has 3 atom stereocenters.